The number of nitrogens with one attached hydrogen (secondary N) is 1. The van der Waals surface area contributed by atoms with Crippen LogP contribution in [-0.4, -0.2) is 6.54 Å². The van der Waals surface area contributed by atoms with E-state index in [1.165, 1.54) is 0 Å². The van der Waals surface area contributed by atoms with Gasteiger partial charge >= 0.3 is 0 Å². The molecule has 112 valence electrons. The summed E-state index contributed by atoms with van der Waals surface area (Å²) < 4.78 is 1.03. The molecule has 0 aromatic heterocycles. The molecule has 0 aliphatic heterocycles. The predicted molar refractivity (Wildman–Crippen MR) is 95.3 cm³/mol. The molecule has 1 atom stereocenters. The van der Waals surface area contributed by atoms with Gasteiger partial charge in [-0.1, -0.05) is 64.3 Å². The molecule has 0 aliphatic carbocycles. The van der Waals surface area contributed by atoms with Gasteiger partial charge in [0.15, 0.2) is 0 Å². The first-order chi connectivity index (χ1) is 10.1. The minimum atomic E-state index is 0.148. The maximum Gasteiger partial charge on any atom is 0.0454 e. The van der Waals surface area contributed by atoms with Crippen molar-refractivity contribution in [3.8, 4) is 0 Å². The minimum absolute atomic E-state index is 0.148. The van der Waals surface area contributed by atoms with Crippen LogP contribution >= 0.6 is 39.1 Å². The highest BCUT2D eigenvalue weighted by atomic mass is 79.9. The van der Waals surface area contributed by atoms with E-state index >= 15 is 0 Å². The molecule has 1 nitrogen and oxygen atoms in total. The van der Waals surface area contributed by atoms with Crippen molar-refractivity contribution in [2.24, 2.45) is 0 Å². The summed E-state index contributed by atoms with van der Waals surface area (Å²) in [7, 11) is 0. The van der Waals surface area contributed by atoms with Crippen LogP contribution in [0.1, 0.15) is 30.5 Å². The third kappa shape index (κ3) is 4.72. The molecule has 4 heteroatoms. The summed E-state index contributed by atoms with van der Waals surface area (Å²) in [6.07, 6.45) is 1.89. The maximum atomic E-state index is 6.38. The molecule has 1 N–H and O–H groups in total. The second-order valence-electron chi connectivity index (χ2n) is 4.97. The van der Waals surface area contributed by atoms with E-state index in [2.05, 4.69) is 40.3 Å². The Morgan fingerprint density at radius 1 is 1.10 bits per heavy atom. The van der Waals surface area contributed by atoms with Gasteiger partial charge in [0, 0.05) is 20.6 Å². The molecular formula is C17H18BrCl2N. The van der Waals surface area contributed by atoms with Gasteiger partial charge in [0.25, 0.3) is 0 Å². The van der Waals surface area contributed by atoms with E-state index in [9.17, 15) is 0 Å². The molecule has 0 amide bonds. The van der Waals surface area contributed by atoms with E-state index in [1.807, 2.05) is 30.3 Å². The van der Waals surface area contributed by atoms with Crippen molar-refractivity contribution in [2.75, 3.05) is 6.54 Å². The predicted octanol–water partition coefficient (Wildman–Crippen LogP) is 6.04. The zero-order valence-electron chi connectivity index (χ0n) is 11.9. The average Bonchev–Trinajstić information content (AvgIpc) is 2.48. The first-order valence-corrected chi connectivity index (χ1v) is 8.58. The first kappa shape index (κ1) is 16.8. The van der Waals surface area contributed by atoms with Crippen molar-refractivity contribution >= 4 is 39.1 Å². The van der Waals surface area contributed by atoms with Crippen LogP contribution in [0.2, 0.25) is 10.0 Å². The lowest BCUT2D eigenvalue weighted by atomic mass is 9.98. The quantitative estimate of drug-likeness (QED) is 0.638. The zero-order chi connectivity index (χ0) is 15.2. The second-order valence-corrected chi connectivity index (χ2v) is 6.70. The van der Waals surface area contributed by atoms with E-state index in [-0.39, 0.29) is 6.04 Å². The monoisotopic (exact) mass is 385 g/mol. The van der Waals surface area contributed by atoms with Gasteiger partial charge in [-0.05, 0) is 54.8 Å². The van der Waals surface area contributed by atoms with Crippen LogP contribution in [0, 0.1) is 0 Å². The fraction of sp³-hybridized carbons (Fsp3) is 0.294. The summed E-state index contributed by atoms with van der Waals surface area (Å²) in [6, 6.07) is 14.1. The number of benzene rings is 2. The van der Waals surface area contributed by atoms with Crippen molar-refractivity contribution in [2.45, 2.75) is 25.8 Å². The van der Waals surface area contributed by atoms with Crippen LogP contribution in [0.25, 0.3) is 0 Å². The van der Waals surface area contributed by atoms with Crippen LogP contribution in [-0.2, 0) is 6.42 Å². The largest absolute Gasteiger partial charge is 0.310 e. The molecular weight excluding hydrogens is 369 g/mol. The van der Waals surface area contributed by atoms with E-state index in [1.54, 1.807) is 0 Å². The second kappa shape index (κ2) is 8.19. The summed E-state index contributed by atoms with van der Waals surface area (Å²) in [5.74, 6) is 0. The Bertz CT molecular complexity index is 601. The van der Waals surface area contributed by atoms with Gasteiger partial charge in [0.05, 0.1) is 0 Å². The van der Waals surface area contributed by atoms with E-state index in [0.29, 0.717) is 0 Å². The SMILES string of the molecule is CCCNC(Cc1ccccc1Cl)c1cc(Br)ccc1Cl. The summed E-state index contributed by atoms with van der Waals surface area (Å²) >= 11 is 16.2. The fourth-order valence-electron chi connectivity index (χ4n) is 2.28. The molecule has 1 unspecified atom stereocenters. The zero-order valence-corrected chi connectivity index (χ0v) is 15.0. The Labute approximate surface area is 144 Å². The topological polar surface area (TPSA) is 12.0 Å². The molecule has 21 heavy (non-hydrogen) atoms. The van der Waals surface area contributed by atoms with Gasteiger partial charge in [0.1, 0.15) is 0 Å². The van der Waals surface area contributed by atoms with Crippen LogP contribution in [0.15, 0.2) is 46.9 Å². The third-order valence-corrected chi connectivity index (χ3v) is 4.56. The summed E-state index contributed by atoms with van der Waals surface area (Å²) in [5, 5.41) is 5.14. The lowest BCUT2D eigenvalue weighted by Gasteiger charge is -2.21. The minimum Gasteiger partial charge on any atom is -0.310 e. The van der Waals surface area contributed by atoms with Crippen LogP contribution in [0.4, 0.5) is 0 Å². The third-order valence-electron chi connectivity index (χ3n) is 3.36. The molecule has 2 aromatic rings. The average molecular weight is 387 g/mol. The molecule has 0 bridgehead atoms. The van der Waals surface area contributed by atoms with Gasteiger partial charge in [0.2, 0.25) is 0 Å². The van der Waals surface area contributed by atoms with E-state index < -0.39 is 0 Å². The first-order valence-electron chi connectivity index (χ1n) is 7.03. The molecule has 0 saturated carbocycles. The highest BCUT2D eigenvalue weighted by Gasteiger charge is 2.16. The molecule has 0 saturated heterocycles. The molecule has 0 fully saturated rings. The Kier molecular flexibility index (Phi) is 6.56. The Morgan fingerprint density at radius 2 is 1.86 bits per heavy atom. The highest BCUT2D eigenvalue weighted by molar-refractivity contribution is 9.10. The molecule has 0 aliphatic rings. The normalized spacial score (nSPS) is 12.4. The fourth-order valence-corrected chi connectivity index (χ4v) is 3.12. The molecule has 2 rings (SSSR count). The summed E-state index contributed by atoms with van der Waals surface area (Å²) in [6.45, 7) is 3.10. The Balaban J connectivity index is 2.30. The van der Waals surface area contributed by atoms with Gasteiger partial charge in [-0.25, -0.2) is 0 Å². The number of rotatable bonds is 6. The van der Waals surface area contributed by atoms with E-state index in [4.69, 9.17) is 23.2 Å². The number of hydrogen-bond donors (Lipinski definition) is 1. The van der Waals surface area contributed by atoms with Crippen molar-refractivity contribution in [1.82, 2.24) is 5.32 Å². The smallest absolute Gasteiger partial charge is 0.0454 e. The Hall–Kier alpha value is -0.540. The van der Waals surface area contributed by atoms with Crippen molar-refractivity contribution in [3.05, 3.63) is 68.1 Å². The van der Waals surface area contributed by atoms with Crippen LogP contribution in [0.5, 0.6) is 0 Å². The van der Waals surface area contributed by atoms with Crippen LogP contribution in [0.3, 0.4) is 0 Å². The van der Waals surface area contributed by atoms with Crippen molar-refractivity contribution in [1.29, 1.82) is 0 Å². The van der Waals surface area contributed by atoms with Gasteiger partial charge in [-0.3, -0.25) is 0 Å². The summed E-state index contributed by atoms with van der Waals surface area (Å²) in [4.78, 5) is 0. The van der Waals surface area contributed by atoms with Crippen LogP contribution < -0.4 is 5.32 Å². The number of halogens is 3. The standard InChI is InChI=1S/C17H18BrCl2N/c1-2-9-21-17(10-12-5-3-4-6-15(12)19)14-11-13(18)7-8-16(14)20/h3-8,11,17,21H,2,9-10H2,1H3. The van der Waals surface area contributed by atoms with Crippen molar-refractivity contribution < 1.29 is 0 Å². The van der Waals surface area contributed by atoms with Gasteiger partial charge in [-0.15, -0.1) is 0 Å². The highest BCUT2D eigenvalue weighted by Crippen LogP contribution is 2.30. The molecule has 0 heterocycles. The number of hydrogen-bond acceptors (Lipinski definition) is 1. The van der Waals surface area contributed by atoms with Gasteiger partial charge in [-0.2, -0.15) is 0 Å². The lowest BCUT2D eigenvalue weighted by molar-refractivity contribution is 0.529. The Morgan fingerprint density at radius 3 is 2.57 bits per heavy atom. The molecule has 0 radical (unpaired) electrons. The van der Waals surface area contributed by atoms with Gasteiger partial charge < -0.3 is 5.32 Å². The molecule has 2 aromatic carbocycles. The molecule has 0 spiro atoms. The lowest BCUT2D eigenvalue weighted by Crippen LogP contribution is -2.24. The maximum absolute atomic E-state index is 6.38. The van der Waals surface area contributed by atoms with E-state index in [0.717, 1.165) is 45.0 Å². The summed E-state index contributed by atoms with van der Waals surface area (Å²) in [5.41, 5.74) is 2.23. The van der Waals surface area contributed by atoms with Crippen molar-refractivity contribution in [3.63, 3.8) is 0 Å².